The molecule has 1 aliphatic rings. The minimum atomic E-state index is -3.49. The van der Waals surface area contributed by atoms with E-state index in [0.717, 1.165) is 18.5 Å². The molecule has 0 amide bonds. The van der Waals surface area contributed by atoms with Crippen molar-refractivity contribution in [2.24, 2.45) is 0 Å². The number of hydrogen-bond acceptors (Lipinski definition) is 3. The molecule has 116 valence electrons. The minimum Gasteiger partial charge on any atom is -0.282 e. The van der Waals surface area contributed by atoms with Gasteiger partial charge in [0.25, 0.3) is 0 Å². The zero-order valence-corrected chi connectivity index (χ0v) is 12.8. The van der Waals surface area contributed by atoms with Gasteiger partial charge in [0.15, 0.2) is 0 Å². The van der Waals surface area contributed by atoms with Gasteiger partial charge < -0.3 is 0 Å². The number of benzene rings is 1. The highest BCUT2D eigenvalue weighted by Crippen LogP contribution is 2.42. The number of pyridine rings is 1. The van der Waals surface area contributed by atoms with Crippen molar-refractivity contribution in [2.45, 2.75) is 25.2 Å². The molecule has 0 radical (unpaired) electrons. The number of anilines is 1. The van der Waals surface area contributed by atoms with Gasteiger partial charge in [0.05, 0.1) is 17.1 Å². The Bertz CT molecular complexity index is 773. The molecule has 0 saturated heterocycles. The standard InChI is InChI=1S/C16H17FN2O2S/c17-14-4-1-3-12(11-14)8-10-22(20,21)19-15-5-2-9-18-16(15)13-6-7-13/h1-5,9,11,13,19H,6-8,10H2. The third kappa shape index (κ3) is 3.82. The van der Waals surface area contributed by atoms with E-state index in [4.69, 9.17) is 0 Å². The highest BCUT2D eigenvalue weighted by Gasteiger charge is 2.28. The summed E-state index contributed by atoms with van der Waals surface area (Å²) >= 11 is 0. The van der Waals surface area contributed by atoms with Crippen LogP contribution in [0.2, 0.25) is 0 Å². The summed E-state index contributed by atoms with van der Waals surface area (Å²) in [6, 6.07) is 9.45. The second-order valence-corrected chi connectivity index (χ2v) is 7.35. The Balaban J connectivity index is 1.69. The van der Waals surface area contributed by atoms with E-state index in [1.807, 2.05) is 0 Å². The first-order valence-corrected chi connectivity index (χ1v) is 8.88. The van der Waals surface area contributed by atoms with Gasteiger partial charge in [0.1, 0.15) is 5.82 Å². The van der Waals surface area contributed by atoms with Crippen LogP contribution in [-0.4, -0.2) is 19.2 Å². The number of hydrogen-bond donors (Lipinski definition) is 1. The van der Waals surface area contributed by atoms with Crippen molar-refractivity contribution in [1.29, 1.82) is 0 Å². The summed E-state index contributed by atoms with van der Waals surface area (Å²) in [6.07, 6.45) is 4.05. The molecule has 0 aliphatic heterocycles. The number of aromatic nitrogens is 1. The fourth-order valence-corrected chi connectivity index (χ4v) is 3.46. The first-order chi connectivity index (χ1) is 10.5. The van der Waals surface area contributed by atoms with Gasteiger partial charge in [-0.05, 0) is 49.1 Å². The van der Waals surface area contributed by atoms with Gasteiger partial charge >= 0.3 is 0 Å². The van der Waals surface area contributed by atoms with E-state index in [1.165, 1.54) is 12.1 Å². The summed E-state index contributed by atoms with van der Waals surface area (Å²) in [6.45, 7) is 0. The van der Waals surface area contributed by atoms with Gasteiger partial charge in [-0.1, -0.05) is 12.1 Å². The van der Waals surface area contributed by atoms with Crippen LogP contribution < -0.4 is 4.72 Å². The molecule has 6 heteroatoms. The van der Waals surface area contributed by atoms with Crippen LogP contribution in [0.1, 0.15) is 30.0 Å². The van der Waals surface area contributed by atoms with Gasteiger partial charge in [0.2, 0.25) is 10.0 Å². The number of nitrogens with zero attached hydrogens (tertiary/aromatic N) is 1. The van der Waals surface area contributed by atoms with Crippen LogP contribution in [-0.2, 0) is 16.4 Å². The highest BCUT2D eigenvalue weighted by atomic mass is 32.2. The van der Waals surface area contributed by atoms with Gasteiger partial charge in [0, 0.05) is 12.1 Å². The molecule has 2 aromatic rings. The minimum absolute atomic E-state index is 0.0878. The third-order valence-corrected chi connectivity index (χ3v) is 4.89. The lowest BCUT2D eigenvalue weighted by Crippen LogP contribution is -2.19. The Morgan fingerprint density at radius 3 is 2.77 bits per heavy atom. The van der Waals surface area contributed by atoms with Gasteiger partial charge in [-0.25, -0.2) is 12.8 Å². The Kier molecular flexibility index (Phi) is 4.11. The molecule has 1 heterocycles. The van der Waals surface area contributed by atoms with E-state index in [2.05, 4.69) is 9.71 Å². The second kappa shape index (κ2) is 6.04. The summed E-state index contributed by atoms with van der Waals surface area (Å²) in [7, 11) is -3.49. The summed E-state index contributed by atoms with van der Waals surface area (Å²) in [5.41, 5.74) is 2.04. The first-order valence-electron chi connectivity index (χ1n) is 7.23. The lowest BCUT2D eigenvalue weighted by Gasteiger charge is -2.11. The Labute approximate surface area is 129 Å². The maximum absolute atomic E-state index is 13.1. The van der Waals surface area contributed by atoms with E-state index in [-0.39, 0.29) is 18.0 Å². The molecule has 1 N–H and O–H groups in total. The van der Waals surface area contributed by atoms with Crippen LogP contribution in [0.15, 0.2) is 42.6 Å². The van der Waals surface area contributed by atoms with Crippen molar-refractivity contribution in [3.63, 3.8) is 0 Å². The molecule has 0 unspecified atom stereocenters. The van der Waals surface area contributed by atoms with Crippen molar-refractivity contribution in [1.82, 2.24) is 4.98 Å². The quantitative estimate of drug-likeness (QED) is 0.890. The van der Waals surface area contributed by atoms with E-state index in [9.17, 15) is 12.8 Å². The molecule has 0 spiro atoms. The van der Waals surface area contributed by atoms with Gasteiger partial charge in [-0.15, -0.1) is 0 Å². The molecule has 1 fully saturated rings. The smallest absolute Gasteiger partial charge is 0.233 e. The van der Waals surface area contributed by atoms with Crippen molar-refractivity contribution < 1.29 is 12.8 Å². The predicted molar refractivity (Wildman–Crippen MR) is 83.7 cm³/mol. The van der Waals surface area contributed by atoms with E-state index >= 15 is 0 Å². The number of nitrogens with one attached hydrogen (secondary N) is 1. The van der Waals surface area contributed by atoms with Crippen LogP contribution in [0.4, 0.5) is 10.1 Å². The maximum Gasteiger partial charge on any atom is 0.233 e. The molecule has 1 aromatic carbocycles. The van der Waals surface area contributed by atoms with Crippen molar-refractivity contribution >= 4 is 15.7 Å². The molecule has 1 aliphatic carbocycles. The van der Waals surface area contributed by atoms with Crippen LogP contribution >= 0.6 is 0 Å². The third-order valence-electron chi connectivity index (χ3n) is 3.62. The summed E-state index contributed by atoms with van der Waals surface area (Å²) < 4.78 is 40.2. The molecule has 1 aromatic heterocycles. The Morgan fingerprint density at radius 2 is 2.05 bits per heavy atom. The number of aryl methyl sites for hydroxylation is 1. The maximum atomic E-state index is 13.1. The van der Waals surface area contributed by atoms with Crippen LogP contribution in [0, 0.1) is 5.82 Å². The SMILES string of the molecule is O=S(=O)(CCc1cccc(F)c1)Nc1cccnc1C1CC1. The summed E-state index contributed by atoms with van der Waals surface area (Å²) in [5.74, 6) is -0.0802. The van der Waals surface area contributed by atoms with Gasteiger partial charge in [-0.2, -0.15) is 0 Å². The second-order valence-electron chi connectivity index (χ2n) is 5.51. The molecule has 0 bridgehead atoms. The largest absolute Gasteiger partial charge is 0.282 e. The monoisotopic (exact) mass is 320 g/mol. The average Bonchev–Trinajstić information content (AvgIpc) is 3.30. The normalized spacial score (nSPS) is 14.8. The van der Waals surface area contributed by atoms with E-state index < -0.39 is 10.0 Å². The Hall–Kier alpha value is -1.95. The zero-order chi connectivity index (χ0) is 15.6. The fraction of sp³-hybridized carbons (Fsp3) is 0.312. The van der Waals surface area contributed by atoms with E-state index in [1.54, 1.807) is 30.5 Å². The van der Waals surface area contributed by atoms with Crippen molar-refractivity contribution in [3.8, 4) is 0 Å². The van der Waals surface area contributed by atoms with Gasteiger partial charge in [-0.3, -0.25) is 9.71 Å². The first kappa shape index (κ1) is 15.0. The number of sulfonamides is 1. The lowest BCUT2D eigenvalue weighted by atomic mass is 10.2. The van der Waals surface area contributed by atoms with Crippen molar-refractivity contribution in [2.75, 3.05) is 10.5 Å². The molecular weight excluding hydrogens is 303 g/mol. The molecule has 1 saturated carbocycles. The lowest BCUT2D eigenvalue weighted by molar-refractivity contribution is 0.599. The Morgan fingerprint density at radius 1 is 1.23 bits per heavy atom. The zero-order valence-electron chi connectivity index (χ0n) is 12.0. The van der Waals surface area contributed by atoms with Crippen LogP contribution in [0.5, 0.6) is 0 Å². The molecule has 3 rings (SSSR count). The van der Waals surface area contributed by atoms with Crippen LogP contribution in [0.25, 0.3) is 0 Å². The molecular formula is C16H17FN2O2S. The van der Waals surface area contributed by atoms with E-state index in [0.29, 0.717) is 17.2 Å². The number of rotatable bonds is 6. The predicted octanol–water partition coefficient (Wildman–Crippen LogP) is 3.08. The highest BCUT2D eigenvalue weighted by molar-refractivity contribution is 7.92. The molecule has 0 atom stereocenters. The fourth-order valence-electron chi connectivity index (χ4n) is 2.35. The average molecular weight is 320 g/mol. The van der Waals surface area contributed by atoms with Crippen LogP contribution in [0.3, 0.4) is 0 Å². The molecule has 4 nitrogen and oxygen atoms in total. The summed E-state index contributed by atoms with van der Waals surface area (Å²) in [4.78, 5) is 4.28. The van der Waals surface area contributed by atoms with Crippen molar-refractivity contribution in [3.05, 3.63) is 59.7 Å². The topological polar surface area (TPSA) is 59.1 Å². The number of halogens is 1. The molecule has 22 heavy (non-hydrogen) atoms. The summed E-state index contributed by atoms with van der Waals surface area (Å²) in [5, 5.41) is 0.